The number of rotatable bonds is 4. The third-order valence-electron chi connectivity index (χ3n) is 3.51. The molecule has 102 valence electrons. The summed E-state index contributed by atoms with van der Waals surface area (Å²) in [4.78, 5) is 13.0. The normalized spacial score (nSPS) is 19.7. The fourth-order valence-electron chi connectivity index (χ4n) is 2.41. The van der Waals surface area contributed by atoms with Crippen molar-refractivity contribution in [1.29, 1.82) is 5.26 Å². The summed E-state index contributed by atoms with van der Waals surface area (Å²) >= 11 is 0. The molecule has 1 saturated heterocycles. The first-order valence-corrected chi connectivity index (χ1v) is 6.55. The molecule has 0 aromatic carbocycles. The highest BCUT2D eigenvalue weighted by molar-refractivity contribution is 5.49. The van der Waals surface area contributed by atoms with Crippen molar-refractivity contribution in [3.05, 3.63) is 12.4 Å². The van der Waals surface area contributed by atoms with Gasteiger partial charge in [-0.25, -0.2) is 9.97 Å². The second kappa shape index (κ2) is 6.34. The van der Waals surface area contributed by atoms with Gasteiger partial charge in [-0.05, 0) is 26.4 Å². The molecule has 0 radical (unpaired) electrons. The Labute approximate surface area is 114 Å². The molecule has 0 bridgehead atoms. The van der Waals surface area contributed by atoms with E-state index in [4.69, 9.17) is 5.26 Å². The number of nitrogens with zero attached hydrogens (tertiary/aromatic N) is 5. The number of likely N-dealkylation sites (N-methyl/N-ethyl adjacent to an activating group) is 2. The molecule has 19 heavy (non-hydrogen) atoms. The van der Waals surface area contributed by atoms with Gasteiger partial charge in [-0.15, -0.1) is 0 Å². The molecular formula is C13H20N6. The Morgan fingerprint density at radius 1 is 1.58 bits per heavy atom. The highest BCUT2D eigenvalue weighted by Crippen LogP contribution is 2.20. The van der Waals surface area contributed by atoms with Gasteiger partial charge in [0.2, 0.25) is 0 Å². The van der Waals surface area contributed by atoms with Crippen molar-refractivity contribution in [2.45, 2.75) is 18.9 Å². The van der Waals surface area contributed by atoms with E-state index in [1.54, 1.807) is 0 Å². The van der Waals surface area contributed by atoms with E-state index in [9.17, 15) is 0 Å². The van der Waals surface area contributed by atoms with E-state index < -0.39 is 0 Å². The molecular weight excluding hydrogens is 240 g/mol. The summed E-state index contributed by atoms with van der Waals surface area (Å²) in [5, 5.41) is 11.5. The molecule has 0 saturated carbocycles. The fourth-order valence-corrected chi connectivity index (χ4v) is 2.41. The van der Waals surface area contributed by atoms with Gasteiger partial charge in [-0.2, -0.15) is 5.26 Å². The second-order valence-corrected chi connectivity index (χ2v) is 4.94. The first-order valence-electron chi connectivity index (χ1n) is 6.55. The van der Waals surface area contributed by atoms with Gasteiger partial charge in [0.25, 0.3) is 0 Å². The number of nitriles is 1. The van der Waals surface area contributed by atoms with E-state index in [-0.39, 0.29) is 6.54 Å². The van der Waals surface area contributed by atoms with Crippen LogP contribution in [0.1, 0.15) is 12.8 Å². The zero-order valence-corrected chi connectivity index (χ0v) is 11.5. The molecule has 1 aromatic rings. The lowest BCUT2D eigenvalue weighted by Crippen LogP contribution is -2.45. The zero-order valence-electron chi connectivity index (χ0n) is 11.5. The molecule has 0 amide bonds. The summed E-state index contributed by atoms with van der Waals surface area (Å²) < 4.78 is 0. The largest absolute Gasteiger partial charge is 0.357 e. The van der Waals surface area contributed by atoms with E-state index in [0.29, 0.717) is 11.9 Å². The summed E-state index contributed by atoms with van der Waals surface area (Å²) in [6, 6.07) is 4.42. The van der Waals surface area contributed by atoms with Crippen LogP contribution in [0.2, 0.25) is 0 Å². The van der Waals surface area contributed by atoms with Crippen LogP contribution < -0.4 is 10.2 Å². The summed E-state index contributed by atoms with van der Waals surface area (Å²) in [7, 11) is 4.22. The fraction of sp³-hybridized carbons (Fsp3) is 0.615. The molecule has 0 spiro atoms. The molecule has 6 heteroatoms. The molecule has 1 aliphatic heterocycles. The third-order valence-corrected chi connectivity index (χ3v) is 3.51. The van der Waals surface area contributed by atoms with Crippen molar-refractivity contribution < 1.29 is 0 Å². The van der Waals surface area contributed by atoms with Crippen LogP contribution >= 0.6 is 0 Å². The third kappa shape index (κ3) is 3.55. The topological polar surface area (TPSA) is 68.1 Å². The monoisotopic (exact) mass is 260 g/mol. The number of hydrogen-bond donors (Lipinski definition) is 1. The standard InChI is InChI=1S/C13H20N6/c1-18-7-3-4-11(9-18)19(2)13-8-12(15-6-5-14)16-10-17-13/h8,10-11H,3-4,6-7,9H2,1-2H3,(H,15,16,17). The molecule has 1 aliphatic rings. The molecule has 1 N–H and O–H groups in total. The molecule has 1 aromatic heterocycles. The van der Waals surface area contributed by atoms with Crippen LogP contribution in [0.15, 0.2) is 12.4 Å². The Balaban J connectivity index is 2.05. The summed E-state index contributed by atoms with van der Waals surface area (Å²) in [5.74, 6) is 1.60. The number of hydrogen-bond acceptors (Lipinski definition) is 6. The van der Waals surface area contributed by atoms with Crippen LogP contribution in [-0.2, 0) is 0 Å². The highest BCUT2D eigenvalue weighted by Gasteiger charge is 2.22. The van der Waals surface area contributed by atoms with Crippen LogP contribution in [0.4, 0.5) is 11.6 Å². The Kier molecular flexibility index (Phi) is 4.53. The smallest absolute Gasteiger partial charge is 0.134 e. The van der Waals surface area contributed by atoms with Gasteiger partial charge in [0.1, 0.15) is 24.5 Å². The van der Waals surface area contributed by atoms with Gasteiger partial charge in [0.15, 0.2) is 0 Å². The van der Waals surface area contributed by atoms with Gasteiger partial charge >= 0.3 is 0 Å². The Morgan fingerprint density at radius 2 is 2.42 bits per heavy atom. The van der Waals surface area contributed by atoms with E-state index in [1.165, 1.54) is 25.7 Å². The summed E-state index contributed by atoms with van der Waals surface area (Å²) in [5.41, 5.74) is 0. The molecule has 2 rings (SSSR count). The van der Waals surface area contributed by atoms with Crippen molar-refractivity contribution in [2.75, 3.05) is 43.9 Å². The van der Waals surface area contributed by atoms with Gasteiger partial charge in [-0.1, -0.05) is 0 Å². The number of aromatic nitrogens is 2. The van der Waals surface area contributed by atoms with E-state index in [1.807, 2.05) is 12.1 Å². The van der Waals surface area contributed by atoms with Gasteiger partial charge < -0.3 is 15.1 Å². The summed E-state index contributed by atoms with van der Waals surface area (Å²) in [6.07, 6.45) is 3.94. The van der Waals surface area contributed by atoms with Crippen LogP contribution in [0, 0.1) is 11.3 Å². The number of likely N-dealkylation sites (tertiary alicyclic amines) is 1. The maximum atomic E-state index is 8.57. The number of nitrogens with one attached hydrogen (secondary N) is 1. The molecule has 6 nitrogen and oxygen atoms in total. The van der Waals surface area contributed by atoms with Gasteiger partial charge in [0.05, 0.1) is 6.07 Å². The first-order chi connectivity index (χ1) is 9.20. The van der Waals surface area contributed by atoms with Crippen LogP contribution in [0.5, 0.6) is 0 Å². The lowest BCUT2D eigenvalue weighted by molar-refractivity contribution is 0.247. The van der Waals surface area contributed by atoms with E-state index in [0.717, 1.165) is 12.4 Å². The Morgan fingerprint density at radius 3 is 3.16 bits per heavy atom. The minimum Gasteiger partial charge on any atom is -0.357 e. The molecule has 1 atom stereocenters. The van der Waals surface area contributed by atoms with E-state index >= 15 is 0 Å². The van der Waals surface area contributed by atoms with Crippen molar-refractivity contribution in [3.63, 3.8) is 0 Å². The predicted molar refractivity (Wildman–Crippen MR) is 75.1 cm³/mol. The number of piperidine rings is 1. The van der Waals surface area contributed by atoms with Gasteiger partial charge in [-0.3, -0.25) is 0 Å². The van der Waals surface area contributed by atoms with E-state index in [2.05, 4.69) is 39.2 Å². The van der Waals surface area contributed by atoms with Crippen molar-refractivity contribution in [3.8, 4) is 6.07 Å². The van der Waals surface area contributed by atoms with Crippen LogP contribution in [0.25, 0.3) is 0 Å². The van der Waals surface area contributed by atoms with Crippen molar-refractivity contribution in [1.82, 2.24) is 14.9 Å². The second-order valence-electron chi connectivity index (χ2n) is 4.94. The van der Waals surface area contributed by atoms with Crippen molar-refractivity contribution in [2.24, 2.45) is 0 Å². The molecule has 0 aliphatic carbocycles. The molecule has 1 fully saturated rings. The van der Waals surface area contributed by atoms with Gasteiger partial charge in [0, 0.05) is 25.7 Å². The molecule has 1 unspecified atom stereocenters. The lowest BCUT2D eigenvalue weighted by atomic mass is 10.1. The SMILES string of the molecule is CN1CCCC(N(C)c2cc(NCC#N)ncn2)C1. The highest BCUT2D eigenvalue weighted by atomic mass is 15.2. The maximum absolute atomic E-state index is 8.57. The number of anilines is 2. The Bertz CT molecular complexity index is 455. The maximum Gasteiger partial charge on any atom is 0.134 e. The minimum absolute atomic E-state index is 0.256. The quantitative estimate of drug-likeness (QED) is 0.813. The van der Waals surface area contributed by atoms with Crippen molar-refractivity contribution >= 4 is 11.6 Å². The lowest BCUT2D eigenvalue weighted by Gasteiger charge is -2.36. The zero-order chi connectivity index (χ0) is 13.7. The first kappa shape index (κ1) is 13.6. The van der Waals surface area contributed by atoms with Crippen LogP contribution in [0.3, 0.4) is 0 Å². The molecule has 2 heterocycles. The summed E-state index contributed by atoms with van der Waals surface area (Å²) in [6.45, 7) is 2.48. The average molecular weight is 260 g/mol. The predicted octanol–water partition coefficient (Wildman–Crippen LogP) is 0.942. The minimum atomic E-state index is 0.256. The van der Waals surface area contributed by atoms with Crippen LogP contribution in [-0.4, -0.2) is 54.6 Å². The average Bonchev–Trinajstić information content (AvgIpc) is 2.44. The Hall–Kier alpha value is -1.87.